The third-order valence-electron chi connectivity index (χ3n) is 1.70. The summed E-state index contributed by atoms with van der Waals surface area (Å²) in [6, 6.07) is 4.32. The van der Waals surface area contributed by atoms with Crippen molar-refractivity contribution in [3.63, 3.8) is 0 Å². The monoisotopic (exact) mass is 230 g/mol. The molecule has 1 aromatic carbocycles. The average molecular weight is 230 g/mol. The molecular formula is C13H17F3. The molecule has 0 radical (unpaired) electrons. The third-order valence-corrected chi connectivity index (χ3v) is 1.70. The van der Waals surface area contributed by atoms with Gasteiger partial charge in [0.2, 0.25) is 0 Å². The Morgan fingerprint density at radius 3 is 1.88 bits per heavy atom. The van der Waals surface area contributed by atoms with Crippen molar-refractivity contribution in [2.45, 2.75) is 33.9 Å². The summed E-state index contributed by atoms with van der Waals surface area (Å²) in [6.45, 7) is 10.6. The molecule has 16 heavy (non-hydrogen) atoms. The van der Waals surface area contributed by atoms with Gasteiger partial charge in [0.1, 0.15) is 0 Å². The highest BCUT2D eigenvalue weighted by Gasteiger charge is 2.31. The number of halogens is 3. The van der Waals surface area contributed by atoms with Crippen molar-refractivity contribution in [1.82, 2.24) is 0 Å². The third kappa shape index (κ3) is 5.59. The molecule has 0 heterocycles. The number of alkyl halides is 3. The van der Waals surface area contributed by atoms with Gasteiger partial charge >= 0.3 is 6.18 Å². The fourth-order valence-electron chi connectivity index (χ4n) is 1.04. The van der Waals surface area contributed by atoms with Gasteiger partial charge in [0.15, 0.2) is 0 Å². The van der Waals surface area contributed by atoms with Crippen LogP contribution in [0, 0.1) is 13.8 Å². The smallest absolute Gasteiger partial charge is 0.166 e. The zero-order chi connectivity index (χ0) is 12.9. The predicted molar refractivity (Wildman–Crippen MR) is 61.4 cm³/mol. The molecule has 0 fully saturated rings. The maximum Gasteiger partial charge on any atom is 0.416 e. The fraction of sp³-hybridized carbons (Fsp3) is 0.385. The van der Waals surface area contributed by atoms with Crippen LogP contribution < -0.4 is 0 Å². The molecule has 0 spiro atoms. The second-order valence-corrected chi connectivity index (χ2v) is 4.02. The molecule has 0 saturated heterocycles. The lowest BCUT2D eigenvalue weighted by Crippen LogP contribution is -2.07. The topological polar surface area (TPSA) is 0 Å². The molecule has 0 aliphatic carbocycles. The summed E-state index contributed by atoms with van der Waals surface area (Å²) in [5, 5.41) is 0. The normalized spacial score (nSPS) is 10.4. The summed E-state index contributed by atoms with van der Waals surface area (Å²) in [4.78, 5) is 0. The molecule has 1 rings (SSSR count). The highest BCUT2D eigenvalue weighted by atomic mass is 19.4. The maximum atomic E-state index is 12.2. The zero-order valence-electron chi connectivity index (χ0n) is 10.1. The molecule has 0 nitrogen and oxygen atoms in total. The van der Waals surface area contributed by atoms with Gasteiger partial charge in [-0.05, 0) is 39.3 Å². The van der Waals surface area contributed by atoms with Crippen LogP contribution in [0.5, 0.6) is 0 Å². The van der Waals surface area contributed by atoms with Crippen molar-refractivity contribution in [2.75, 3.05) is 0 Å². The largest absolute Gasteiger partial charge is 0.416 e. The molecule has 0 bridgehead atoms. The summed E-state index contributed by atoms with van der Waals surface area (Å²) in [6.07, 6.45) is -4.23. The van der Waals surface area contributed by atoms with Crippen molar-refractivity contribution < 1.29 is 13.2 Å². The summed E-state index contributed by atoms with van der Waals surface area (Å²) in [5.74, 6) is 0. The zero-order valence-corrected chi connectivity index (χ0v) is 10.1. The minimum Gasteiger partial charge on any atom is -0.166 e. The van der Waals surface area contributed by atoms with E-state index >= 15 is 0 Å². The van der Waals surface area contributed by atoms with Gasteiger partial charge in [0.25, 0.3) is 0 Å². The molecule has 0 amide bonds. The Bertz CT molecular complexity index is 358. The van der Waals surface area contributed by atoms with Crippen molar-refractivity contribution in [1.29, 1.82) is 0 Å². The highest BCUT2D eigenvalue weighted by molar-refractivity contribution is 5.32. The Kier molecular flexibility index (Phi) is 5.28. The minimum atomic E-state index is -4.23. The highest BCUT2D eigenvalue weighted by Crippen LogP contribution is 2.31. The van der Waals surface area contributed by atoms with Crippen LogP contribution in [0.2, 0.25) is 0 Å². The molecule has 0 aliphatic heterocycles. The van der Waals surface area contributed by atoms with Crippen molar-refractivity contribution >= 4 is 0 Å². The summed E-state index contributed by atoms with van der Waals surface area (Å²) in [7, 11) is 0. The number of rotatable bonds is 0. The van der Waals surface area contributed by atoms with E-state index in [4.69, 9.17) is 0 Å². The molecule has 1 aromatic rings. The Hall–Kier alpha value is -1.25. The van der Waals surface area contributed by atoms with Crippen LogP contribution >= 0.6 is 0 Å². The van der Waals surface area contributed by atoms with E-state index < -0.39 is 11.7 Å². The van der Waals surface area contributed by atoms with Crippen molar-refractivity contribution in [3.8, 4) is 0 Å². The molecule has 0 aliphatic rings. The van der Waals surface area contributed by atoms with Crippen LogP contribution in [0.3, 0.4) is 0 Å². The molecule has 0 aromatic heterocycles. The van der Waals surface area contributed by atoms with E-state index in [1.54, 1.807) is 13.0 Å². The van der Waals surface area contributed by atoms with Gasteiger partial charge in [-0.2, -0.15) is 13.2 Å². The first-order valence-electron chi connectivity index (χ1n) is 4.91. The number of aryl methyl sites for hydroxylation is 2. The standard InChI is InChI=1S/C9H9F3.C4H8/c1-6-3-4-7(2)8(5-6)9(10,11)12;1-4(2)3/h3-5H,1-2H3;1H2,2-3H3. The first kappa shape index (κ1) is 14.8. The molecule has 0 saturated carbocycles. The van der Waals surface area contributed by atoms with E-state index in [9.17, 15) is 13.2 Å². The van der Waals surface area contributed by atoms with Crippen LogP contribution in [-0.2, 0) is 6.18 Å². The van der Waals surface area contributed by atoms with Gasteiger partial charge in [-0.3, -0.25) is 0 Å². The number of hydrogen-bond donors (Lipinski definition) is 0. The van der Waals surface area contributed by atoms with E-state index in [0.717, 1.165) is 6.07 Å². The Labute approximate surface area is 94.8 Å². The lowest BCUT2D eigenvalue weighted by molar-refractivity contribution is -0.138. The molecule has 0 unspecified atom stereocenters. The maximum absolute atomic E-state index is 12.2. The second kappa shape index (κ2) is 5.73. The molecule has 3 heteroatoms. The van der Waals surface area contributed by atoms with Crippen molar-refractivity contribution in [3.05, 3.63) is 47.0 Å². The lowest BCUT2D eigenvalue weighted by atomic mass is 10.1. The van der Waals surface area contributed by atoms with Crippen LogP contribution in [-0.4, -0.2) is 0 Å². The van der Waals surface area contributed by atoms with E-state index in [1.807, 2.05) is 13.8 Å². The molecular weight excluding hydrogens is 213 g/mol. The van der Waals surface area contributed by atoms with Crippen LogP contribution in [0.1, 0.15) is 30.5 Å². The Balaban J connectivity index is 0.000000487. The van der Waals surface area contributed by atoms with Gasteiger partial charge in [-0.25, -0.2) is 0 Å². The van der Waals surface area contributed by atoms with Gasteiger partial charge in [-0.1, -0.05) is 23.3 Å². The summed E-state index contributed by atoms with van der Waals surface area (Å²) in [5.41, 5.74) is 1.53. The minimum absolute atomic E-state index is 0.271. The number of hydrogen-bond acceptors (Lipinski definition) is 0. The van der Waals surface area contributed by atoms with Crippen LogP contribution in [0.4, 0.5) is 13.2 Å². The van der Waals surface area contributed by atoms with Crippen LogP contribution in [0.15, 0.2) is 30.4 Å². The predicted octanol–water partition coefficient (Wildman–Crippen LogP) is 4.90. The Morgan fingerprint density at radius 2 is 1.56 bits per heavy atom. The van der Waals surface area contributed by atoms with E-state index in [-0.39, 0.29) is 5.56 Å². The molecule has 0 atom stereocenters. The first-order valence-corrected chi connectivity index (χ1v) is 4.91. The van der Waals surface area contributed by atoms with Gasteiger partial charge < -0.3 is 0 Å². The summed E-state index contributed by atoms with van der Waals surface area (Å²) < 4.78 is 36.7. The fourth-order valence-corrected chi connectivity index (χ4v) is 1.04. The number of benzene rings is 1. The molecule has 0 N–H and O–H groups in total. The van der Waals surface area contributed by atoms with E-state index in [0.29, 0.717) is 5.56 Å². The SMILES string of the molecule is C=C(C)C.Cc1ccc(C)c(C(F)(F)F)c1. The lowest BCUT2D eigenvalue weighted by Gasteiger charge is -2.10. The van der Waals surface area contributed by atoms with Crippen molar-refractivity contribution in [2.24, 2.45) is 0 Å². The molecule has 90 valence electrons. The Morgan fingerprint density at radius 1 is 1.12 bits per heavy atom. The van der Waals surface area contributed by atoms with Gasteiger partial charge in [0.05, 0.1) is 5.56 Å². The summed E-state index contributed by atoms with van der Waals surface area (Å²) >= 11 is 0. The number of allylic oxidation sites excluding steroid dienone is 1. The van der Waals surface area contributed by atoms with E-state index in [2.05, 4.69) is 6.58 Å². The first-order chi connectivity index (χ1) is 7.14. The second-order valence-electron chi connectivity index (χ2n) is 4.02. The van der Waals surface area contributed by atoms with Gasteiger partial charge in [0, 0.05) is 0 Å². The van der Waals surface area contributed by atoms with Gasteiger partial charge in [-0.15, -0.1) is 6.58 Å². The quantitative estimate of drug-likeness (QED) is 0.556. The van der Waals surface area contributed by atoms with E-state index in [1.165, 1.54) is 18.6 Å². The van der Waals surface area contributed by atoms with Crippen LogP contribution in [0.25, 0.3) is 0 Å². The average Bonchev–Trinajstić information content (AvgIpc) is 2.06.